The molecule has 0 radical (unpaired) electrons. The third-order valence-electron chi connectivity index (χ3n) is 4.81. The second-order valence-corrected chi connectivity index (χ2v) is 7.18. The SMILES string of the molecule is O=C(COC(=O)c1ccccc1C(=O)c1ccccc1)NC(=O)Nc1ccc2c(c1)OCCO2. The van der Waals surface area contributed by atoms with Crippen molar-refractivity contribution in [1.29, 1.82) is 0 Å². The molecule has 172 valence electrons. The molecule has 9 nitrogen and oxygen atoms in total. The molecule has 3 amide bonds. The van der Waals surface area contributed by atoms with Crippen LogP contribution in [-0.2, 0) is 9.53 Å². The summed E-state index contributed by atoms with van der Waals surface area (Å²) >= 11 is 0. The Morgan fingerprint density at radius 3 is 2.24 bits per heavy atom. The second kappa shape index (κ2) is 10.3. The van der Waals surface area contributed by atoms with Crippen molar-refractivity contribution in [2.45, 2.75) is 0 Å². The van der Waals surface area contributed by atoms with Gasteiger partial charge in [0.25, 0.3) is 5.91 Å². The van der Waals surface area contributed by atoms with Gasteiger partial charge in [-0.2, -0.15) is 0 Å². The number of rotatable bonds is 6. The first-order chi connectivity index (χ1) is 16.5. The van der Waals surface area contributed by atoms with Gasteiger partial charge in [0.2, 0.25) is 0 Å². The van der Waals surface area contributed by atoms with Gasteiger partial charge in [-0.05, 0) is 18.2 Å². The van der Waals surface area contributed by atoms with Gasteiger partial charge in [0, 0.05) is 22.9 Å². The van der Waals surface area contributed by atoms with Crippen LogP contribution in [0, 0.1) is 0 Å². The fourth-order valence-corrected chi connectivity index (χ4v) is 3.26. The minimum Gasteiger partial charge on any atom is -0.486 e. The first kappa shape index (κ1) is 22.5. The lowest BCUT2D eigenvalue weighted by Crippen LogP contribution is -2.37. The van der Waals surface area contributed by atoms with E-state index in [1.54, 1.807) is 60.7 Å². The van der Waals surface area contributed by atoms with Crippen molar-refractivity contribution in [3.05, 3.63) is 89.5 Å². The highest BCUT2D eigenvalue weighted by molar-refractivity contribution is 6.14. The maximum Gasteiger partial charge on any atom is 0.339 e. The van der Waals surface area contributed by atoms with E-state index in [0.717, 1.165) is 0 Å². The average molecular weight is 460 g/mol. The summed E-state index contributed by atoms with van der Waals surface area (Å²) in [5, 5.41) is 4.57. The van der Waals surface area contributed by atoms with E-state index < -0.39 is 24.5 Å². The molecular formula is C25H20N2O7. The highest BCUT2D eigenvalue weighted by Gasteiger charge is 2.20. The summed E-state index contributed by atoms with van der Waals surface area (Å²) < 4.78 is 15.9. The number of nitrogens with one attached hydrogen (secondary N) is 2. The van der Waals surface area contributed by atoms with Crippen molar-refractivity contribution in [2.24, 2.45) is 0 Å². The van der Waals surface area contributed by atoms with E-state index in [0.29, 0.717) is 36.0 Å². The summed E-state index contributed by atoms with van der Waals surface area (Å²) in [7, 11) is 0. The van der Waals surface area contributed by atoms with Crippen molar-refractivity contribution in [2.75, 3.05) is 25.1 Å². The first-order valence-corrected chi connectivity index (χ1v) is 10.4. The molecule has 0 aliphatic carbocycles. The topological polar surface area (TPSA) is 120 Å². The van der Waals surface area contributed by atoms with Crippen LogP contribution in [0.1, 0.15) is 26.3 Å². The van der Waals surface area contributed by atoms with Crippen LogP contribution < -0.4 is 20.1 Å². The number of fused-ring (bicyclic) bond motifs is 1. The molecular weight excluding hydrogens is 440 g/mol. The van der Waals surface area contributed by atoms with Crippen molar-refractivity contribution < 1.29 is 33.4 Å². The molecule has 1 aliphatic heterocycles. The molecule has 4 rings (SSSR count). The van der Waals surface area contributed by atoms with Gasteiger partial charge in [0.05, 0.1) is 5.56 Å². The summed E-state index contributed by atoms with van der Waals surface area (Å²) in [4.78, 5) is 49.5. The zero-order valence-corrected chi connectivity index (χ0v) is 17.9. The standard InChI is InChI=1S/C25H20N2O7/c28-22(27-25(31)26-17-10-11-20-21(14-17)33-13-12-32-20)15-34-24(30)19-9-5-4-8-18(19)23(29)16-6-2-1-3-7-16/h1-11,14H,12-13,15H2,(H2,26,27,28,31). The van der Waals surface area contributed by atoms with E-state index >= 15 is 0 Å². The number of amides is 3. The van der Waals surface area contributed by atoms with E-state index in [4.69, 9.17) is 14.2 Å². The summed E-state index contributed by atoms with van der Waals surface area (Å²) in [6.07, 6.45) is 0. The van der Waals surface area contributed by atoms with Gasteiger partial charge in [0.1, 0.15) is 13.2 Å². The summed E-state index contributed by atoms with van der Waals surface area (Å²) in [6.45, 7) is 0.131. The molecule has 34 heavy (non-hydrogen) atoms. The highest BCUT2D eigenvalue weighted by Crippen LogP contribution is 2.32. The number of esters is 1. The Balaban J connectivity index is 1.32. The molecule has 0 saturated carbocycles. The molecule has 3 aromatic rings. The van der Waals surface area contributed by atoms with Crippen LogP contribution in [0.15, 0.2) is 72.8 Å². The minimum atomic E-state index is -0.859. The third kappa shape index (κ3) is 5.39. The lowest BCUT2D eigenvalue weighted by molar-refractivity contribution is -0.123. The quantitative estimate of drug-likeness (QED) is 0.428. The number of carbonyl (C=O) groups is 4. The fraction of sp³-hybridized carbons (Fsp3) is 0.120. The van der Waals surface area contributed by atoms with Gasteiger partial charge in [-0.25, -0.2) is 9.59 Å². The Hall–Kier alpha value is -4.66. The number of ether oxygens (including phenoxy) is 3. The van der Waals surface area contributed by atoms with Crippen LogP contribution in [0.3, 0.4) is 0 Å². The van der Waals surface area contributed by atoms with E-state index in [9.17, 15) is 19.2 Å². The van der Waals surface area contributed by atoms with Crippen LogP contribution in [0.2, 0.25) is 0 Å². The van der Waals surface area contributed by atoms with Crippen molar-refractivity contribution in [3.8, 4) is 11.5 Å². The summed E-state index contributed by atoms with van der Waals surface area (Å²) in [5.41, 5.74) is 0.969. The summed E-state index contributed by atoms with van der Waals surface area (Å²) in [5.74, 6) is -1.01. The predicted octanol–water partition coefficient (Wildman–Crippen LogP) is 3.19. The van der Waals surface area contributed by atoms with Gasteiger partial charge in [-0.15, -0.1) is 0 Å². The molecule has 0 saturated heterocycles. The van der Waals surface area contributed by atoms with Gasteiger partial charge < -0.3 is 19.5 Å². The molecule has 9 heteroatoms. The molecule has 0 atom stereocenters. The predicted molar refractivity (Wildman–Crippen MR) is 121 cm³/mol. The van der Waals surface area contributed by atoms with Crippen molar-refractivity contribution in [3.63, 3.8) is 0 Å². The van der Waals surface area contributed by atoms with Gasteiger partial charge in [0.15, 0.2) is 23.9 Å². The highest BCUT2D eigenvalue weighted by atomic mass is 16.6. The lowest BCUT2D eigenvalue weighted by Gasteiger charge is -2.19. The Morgan fingerprint density at radius 1 is 0.794 bits per heavy atom. The Labute approximate surface area is 194 Å². The first-order valence-electron chi connectivity index (χ1n) is 10.4. The second-order valence-electron chi connectivity index (χ2n) is 7.18. The van der Waals surface area contributed by atoms with Crippen LogP contribution in [-0.4, -0.2) is 43.5 Å². The van der Waals surface area contributed by atoms with Crippen molar-refractivity contribution in [1.82, 2.24) is 5.32 Å². The third-order valence-corrected chi connectivity index (χ3v) is 4.81. The fourth-order valence-electron chi connectivity index (χ4n) is 3.26. The lowest BCUT2D eigenvalue weighted by atomic mass is 9.98. The minimum absolute atomic E-state index is 0.0184. The zero-order chi connectivity index (χ0) is 23.9. The van der Waals surface area contributed by atoms with Gasteiger partial charge in [-0.1, -0.05) is 48.5 Å². The molecule has 0 aromatic heterocycles. The Kier molecular flexibility index (Phi) is 6.83. The number of imide groups is 1. The molecule has 0 unspecified atom stereocenters. The Morgan fingerprint density at radius 2 is 1.47 bits per heavy atom. The van der Waals surface area contributed by atoms with Gasteiger partial charge in [-0.3, -0.25) is 14.9 Å². The average Bonchev–Trinajstić information content (AvgIpc) is 2.87. The number of benzene rings is 3. The number of anilines is 1. The molecule has 0 bridgehead atoms. The van der Waals surface area contributed by atoms with Crippen LogP contribution in [0.5, 0.6) is 11.5 Å². The largest absolute Gasteiger partial charge is 0.486 e. The molecule has 0 fully saturated rings. The van der Waals surface area contributed by atoms with Crippen LogP contribution >= 0.6 is 0 Å². The maximum absolute atomic E-state index is 12.8. The van der Waals surface area contributed by atoms with E-state index in [-0.39, 0.29) is 16.9 Å². The van der Waals surface area contributed by atoms with E-state index in [1.165, 1.54) is 12.1 Å². The number of hydrogen-bond donors (Lipinski definition) is 2. The molecule has 1 heterocycles. The summed E-state index contributed by atoms with van der Waals surface area (Å²) in [6, 6.07) is 18.6. The van der Waals surface area contributed by atoms with E-state index in [2.05, 4.69) is 10.6 Å². The number of ketones is 1. The molecule has 1 aliphatic rings. The molecule has 3 aromatic carbocycles. The van der Waals surface area contributed by atoms with Crippen LogP contribution in [0.4, 0.5) is 10.5 Å². The maximum atomic E-state index is 12.8. The number of urea groups is 1. The van der Waals surface area contributed by atoms with E-state index in [1.807, 2.05) is 0 Å². The van der Waals surface area contributed by atoms with Crippen molar-refractivity contribution >= 4 is 29.4 Å². The van der Waals surface area contributed by atoms with Gasteiger partial charge >= 0.3 is 12.0 Å². The molecule has 2 N–H and O–H groups in total. The Bertz CT molecular complexity index is 1240. The normalized spacial score (nSPS) is 11.8. The zero-order valence-electron chi connectivity index (χ0n) is 17.9. The smallest absolute Gasteiger partial charge is 0.339 e. The monoisotopic (exact) mass is 460 g/mol. The molecule has 0 spiro atoms. The number of carbonyl (C=O) groups excluding carboxylic acids is 4. The van der Waals surface area contributed by atoms with Crippen LogP contribution in [0.25, 0.3) is 0 Å². The number of hydrogen-bond acceptors (Lipinski definition) is 7.